The molecule has 1 aliphatic heterocycles. The molecule has 0 fully saturated rings. The standard InChI is InChI=1S/C27H28ClNO5/c1-5-34-27(31)23-15(2)29-20-13-17(16-9-11-18(28)12-10-16)14-21(30)25(20)24(23)19-7-6-8-22(32-3)26(19)33-4/h6-13,17,24-25,29H,5,14H2,1-4H3. The topological polar surface area (TPSA) is 73.9 Å². The van der Waals surface area contributed by atoms with E-state index in [1.165, 1.54) is 0 Å². The first-order valence-electron chi connectivity index (χ1n) is 11.2. The number of para-hydroxylation sites is 1. The molecule has 0 saturated carbocycles. The summed E-state index contributed by atoms with van der Waals surface area (Å²) in [6, 6.07) is 13.0. The van der Waals surface area contributed by atoms with Crippen molar-refractivity contribution in [3.63, 3.8) is 0 Å². The number of carbonyl (C=O) groups is 2. The van der Waals surface area contributed by atoms with Crippen molar-refractivity contribution in [2.45, 2.75) is 32.1 Å². The van der Waals surface area contributed by atoms with Crippen molar-refractivity contribution >= 4 is 23.4 Å². The van der Waals surface area contributed by atoms with E-state index in [1.807, 2.05) is 43.3 Å². The molecule has 3 atom stereocenters. The minimum Gasteiger partial charge on any atom is -0.493 e. The second-order valence-electron chi connectivity index (χ2n) is 8.37. The van der Waals surface area contributed by atoms with Gasteiger partial charge in [0.05, 0.1) is 32.3 Å². The van der Waals surface area contributed by atoms with Crippen LogP contribution in [0.5, 0.6) is 11.5 Å². The number of rotatable bonds is 6. The third-order valence-electron chi connectivity index (χ3n) is 6.43. The highest BCUT2D eigenvalue weighted by Crippen LogP contribution is 2.50. The number of hydrogen-bond donors (Lipinski definition) is 1. The number of methoxy groups -OCH3 is 2. The van der Waals surface area contributed by atoms with Crippen molar-refractivity contribution in [3.8, 4) is 11.5 Å². The monoisotopic (exact) mass is 481 g/mol. The quantitative estimate of drug-likeness (QED) is 0.576. The summed E-state index contributed by atoms with van der Waals surface area (Å²) in [6.07, 6.45) is 2.40. The zero-order valence-electron chi connectivity index (χ0n) is 19.7. The molecule has 1 heterocycles. The molecule has 1 N–H and O–H groups in total. The molecule has 2 aromatic rings. The summed E-state index contributed by atoms with van der Waals surface area (Å²) in [5.74, 6) is -0.620. The Morgan fingerprint density at radius 3 is 2.47 bits per heavy atom. The fourth-order valence-electron chi connectivity index (χ4n) is 4.97. The molecule has 0 radical (unpaired) electrons. The highest BCUT2D eigenvalue weighted by Gasteiger charge is 2.46. The number of ketones is 1. The molecule has 34 heavy (non-hydrogen) atoms. The van der Waals surface area contributed by atoms with Crippen LogP contribution in [0.25, 0.3) is 0 Å². The van der Waals surface area contributed by atoms with Crippen LogP contribution in [0.15, 0.2) is 65.5 Å². The van der Waals surface area contributed by atoms with Gasteiger partial charge < -0.3 is 19.5 Å². The number of fused-ring (bicyclic) bond motifs is 1. The Balaban J connectivity index is 1.88. The van der Waals surface area contributed by atoms with Crippen LogP contribution in [0.4, 0.5) is 0 Å². The van der Waals surface area contributed by atoms with Crippen LogP contribution in [-0.4, -0.2) is 32.6 Å². The Morgan fingerprint density at radius 1 is 1.09 bits per heavy atom. The number of benzene rings is 2. The van der Waals surface area contributed by atoms with Gasteiger partial charge in [-0.3, -0.25) is 4.79 Å². The fraction of sp³-hybridized carbons (Fsp3) is 0.333. The number of halogens is 1. The Morgan fingerprint density at radius 2 is 1.82 bits per heavy atom. The lowest BCUT2D eigenvalue weighted by Crippen LogP contribution is -2.42. The summed E-state index contributed by atoms with van der Waals surface area (Å²) < 4.78 is 16.6. The van der Waals surface area contributed by atoms with Gasteiger partial charge in [-0.25, -0.2) is 4.79 Å². The first-order chi connectivity index (χ1) is 16.4. The molecule has 2 aliphatic rings. The van der Waals surface area contributed by atoms with Crippen LogP contribution in [0, 0.1) is 5.92 Å². The zero-order chi connectivity index (χ0) is 24.4. The maximum Gasteiger partial charge on any atom is 0.336 e. The second kappa shape index (κ2) is 9.94. The Bertz CT molecular complexity index is 1170. The summed E-state index contributed by atoms with van der Waals surface area (Å²) in [5, 5.41) is 3.98. The van der Waals surface area contributed by atoms with Gasteiger partial charge in [-0.15, -0.1) is 0 Å². The molecular formula is C27H28ClNO5. The predicted octanol–water partition coefficient (Wildman–Crippen LogP) is 5.14. The summed E-state index contributed by atoms with van der Waals surface area (Å²) in [5.41, 5.74) is 3.57. The molecule has 4 rings (SSSR count). The number of carbonyl (C=O) groups excluding carboxylic acids is 2. The summed E-state index contributed by atoms with van der Waals surface area (Å²) in [4.78, 5) is 26.8. The maximum atomic E-state index is 13.7. The van der Waals surface area contributed by atoms with Crippen molar-refractivity contribution < 1.29 is 23.8 Å². The van der Waals surface area contributed by atoms with Crippen molar-refractivity contribution in [1.82, 2.24) is 5.32 Å². The van der Waals surface area contributed by atoms with Crippen molar-refractivity contribution in [1.29, 1.82) is 0 Å². The molecule has 178 valence electrons. The number of esters is 1. The molecule has 2 aromatic carbocycles. The smallest absolute Gasteiger partial charge is 0.336 e. The first-order valence-corrected chi connectivity index (χ1v) is 11.6. The highest BCUT2D eigenvalue weighted by atomic mass is 35.5. The third kappa shape index (κ3) is 4.30. The number of ether oxygens (including phenoxy) is 3. The number of Topliss-reactive ketones (excluding diaryl/α,β-unsaturated/α-hetero) is 1. The van der Waals surface area contributed by atoms with E-state index < -0.39 is 17.8 Å². The lowest BCUT2D eigenvalue weighted by molar-refractivity contribution is -0.139. The summed E-state index contributed by atoms with van der Waals surface area (Å²) in [7, 11) is 3.12. The molecule has 7 heteroatoms. The van der Waals surface area contributed by atoms with Gasteiger partial charge in [0.2, 0.25) is 0 Å². The number of allylic oxidation sites excluding steroid dienone is 3. The van der Waals surface area contributed by atoms with Gasteiger partial charge in [0.15, 0.2) is 11.5 Å². The van der Waals surface area contributed by atoms with E-state index in [0.717, 1.165) is 11.3 Å². The summed E-state index contributed by atoms with van der Waals surface area (Å²) >= 11 is 6.05. The van der Waals surface area contributed by atoms with Gasteiger partial charge in [-0.1, -0.05) is 41.9 Å². The van der Waals surface area contributed by atoms with E-state index in [4.69, 9.17) is 25.8 Å². The molecule has 0 saturated heterocycles. The van der Waals surface area contributed by atoms with E-state index in [0.29, 0.717) is 39.8 Å². The SMILES string of the molecule is CCOC(=O)C1=C(C)NC2=CC(c3ccc(Cl)cc3)CC(=O)C2C1c1cccc(OC)c1OC. The van der Waals surface area contributed by atoms with Crippen molar-refractivity contribution in [3.05, 3.63) is 81.7 Å². The Labute approximate surface area is 204 Å². The van der Waals surface area contributed by atoms with E-state index in [1.54, 1.807) is 27.2 Å². The Kier molecular flexibility index (Phi) is 6.98. The Hall–Kier alpha value is -3.25. The highest BCUT2D eigenvalue weighted by molar-refractivity contribution is 6.30. The predicted molar refractivity (Wildman–Crippen MR) is 130 cm³/mol. The van der Waals surface area contributed by atoms with Gasteiger partial charge >= 0.3 is 5.97 Å². The van der Waals surface area contributed by atoms with Gasteiger partial charge in [0, 0.05) is 40.2 Å². The van der Waals surface area contributed by atoms with Gasteiger partial charge in [-0.2, -0.15) is 0 Å². The van der Waals surface area contributed by atoms with E-state index in [-0.39, 0.29) is 18.3 Å². The molecule has 0 spiro atoms. The van der Waals surface area contributed by atoms with Crippen LogP contribution in [0.1, 0.15) is 43.2 Å². The van der Waals surface area contributed by atoms with E-state index in [9.17, 15) is 9.59 Å². The normalized spacial score (nSPS) is 21.9. The summed E-state index contributed by atoms with van der Waals surface area (Å²) in [6.45, 7) is 3.83. The second-order valence-corrected chi connectivity index (χ2v) is 8.81. The van der Waals surface area contributed by atoms with Crippen LogP contribution < -0.4 is 14.8 Å². The van der Waals surface area contributed by atoms with E-state index in [2.05, 4.69) is 11.4 Å². The van der Waals surface area contributed by atoms with Crippen LogP contribution >= 0.6 is 11.6 Å². The van der Waals surface area contributed by atoms with Crippen molar-refractivity contribution in [2.24, 2.45) is 5.92 Å². The molecule has 6 nitrogen and oxygen atoms in total. The number of hydrogen-bond acceptors (Lipinski definition) is 6. The molecule has 0 bridgehead atoms. The van der Waals surface area contributed by atoms with Crippen molar-refractivity contribution in [2.75, 3.05) is 20.8 Å². The molecule has 1 aliphatic carbocycles. The van der Waals surface area contributed by atoms with Gasteiger partial charge in [-0.05, 0) is 37.6 Å². The minimum atomic E-state index is -0.576. The average Bonchev–Trinajstić information content (AvgIpc) is 2.82. The minimum absolute atomic E-state index is 0.0362. The zero-order valence-corrected chi connectivity index (χ0v) is 20.4. The maximum absolute atomic E-state index is 13.7. The van der Waals surface area contributed by atoms with Crippen LogP contribution in [-0.2, 0) is 14.3 Å². The molecule has 0 amide bonds. The van der Waals surface area contributed by atoms with Crippen LogP contribution in [0.3, 0.4) is 0 Å². The first kappa shape index (κ1) is 23.9. The van der Waals surface area contributed by atoms with Gasteiger partial charge in [0.25, 0.3) is 0 Å². The number of nitrogens with one attached hydrogen (secondary N) is 1. The molecular weight excluding hydrogens is 454 g/mol. The lowest BCUT2D eigenvalue weighted by Gasteiger charge is -2.40. The molecule has 0 aromatic heterocycles. The third-order valence-corrected chi connectivity index (χ3v) is 6.68. The fourth-order valence-corrected chi connectivity index (χ4v) is 5.10. The lowest BCUT2D eigenvalue weighted by atomic mass is 9.68. The average molecular weight is 482 g/mol. The van der Waals surface area contributed by atoms with Gasteiger partial charge in [0.1, 0.15) is 5.78 Å². The van der Waals surface area contributed by atoms with Crippen LogP contribution in [0.2, 0.25) is 5.02 Å². The largest absolute Gasteiger partial charge is 0.493 e. The molecule has 3 unspecified atom stereocenters. The van der Waals surface area contributed by atoms with E-state index >= 15 is 0 Å².